The van der Waals surface area contributed by atoms with Crippen LogP contribution in [0.15, 0.2) is 4.52 Å². The van der Waals surface area contributed by atoms with Crippen LogP contribution in [0, 0.1) is 6.92 Å². The van der Waals surface area contributed by atoms with Crippen molar-refractivity contribution in [1.29, 1.82) is 0 Å². The fraction of sp³-hybridized carbons (Fsp3) is 0.200. The molecule has 4 heteroatoms. The molecule has 0 aliphatic rings. The molecule has 1 aromatic heterocycles. The molecule has 0 bridgehead atoms. The zero-order chi connectivity index (χ0) is 6.85. The Bertz CT molecular complexity index is 231. The predicted octanol–water partition coefficient (Wildman–Crippen LogP) is 1.45. The van der Waals surface area contributed by atoms with Crippen LogP contribution in [-0.2, 0) is 0 Å². The third kappa shape index (κ3) is 0.954. The second-order valence-electron chi connectivity index (χ2n) is 1.56. The molecule has 1 heterocycles. The predicted molar refractivity (Wildman–Crippen MR) is 31.6 cm³/mol. The Kier molecular flexibility index (Phi) is 1.53. The Balaban J connectivity index is 3.18. The molecular formula is C5H4ClNO2. The van der Waals surface area contributed by atoms with Crippen LogP contribution in [0.25, 0.3) is 0 Å². The van der Waals surface area contributed by atoms with E-state index in [4.69, 9.17) is 11.6 Å². The Hall–Kier alpha value is -0.830. The average molecular weight is 146 g/mol. The third-order valence-corrected chi connectivity index (χ3v) is 1.38. The molecule has 1 aromatic rings. The molecule has 0 radical (unpaired) electrons. The van der Waals surface area contributed by atoms with Crippen LogP contribution in [0.3, 0.4) is 0 Å². The Morgan fingerprint density at radius 1 is 1.78 bits per heavy atom. The topological polar surface area (TPSA) is 43.1 Å². The lowest BCUT2D eigenvalue weighted by molar-refractivity contribution is 0.109. The molecule has 0 atom stereocenters. The van der Waals surface area contributed by atoms with E-state index in [0.717, 1.165) is 0 Å². The Morgan fingerprint density at radius 3 is 2.67 bits per heavy atom. The van der Waals surface area contributed by atoms with Crippen molar-refractivity contribution in [3.63, 3.8) is 0 Å². The van der Waals surface area contributed by atoms with E-state index in [2.05, 4.69) is 9.68 Å². The summed E-state index contributed by atoms with van der Waals surface area (Å²) in [7, 11) is 0. The number of aryl methyl sites for hydroxylation is 1. The first-order chi connectivity index (χ1) is 4.25. The number of carbonyl (C=O) groups is 1. The molecule has 9 heavy (non-hydrogen) atoms. The fourth-order valence-electron chi connectivity index (χ4n) is 0.449. The SMILES string of the molecule is Cc1noc(C=O)c1Cl. The average Bonchev–Trinajstić information content (AvgIpc) is 2.15. The lowest BCUT2D eigenvalue weighted by atomic mass is 10.4. The molecule has 0 fully saturated rings. The number of carbonyl (C=O) groups excluding carboxylic acids is 1. The molecule has 0 aliphatic carbocycles. The van der Waals surface area contributed by atoms with Crippen molar-refractivity contribution in [3.8, 4) is 0 Å². The van der Waals surface area contributed by atoms with Crippen LogP contribution in [0.1, 0.15) is 16.2 Å². The summed E-state index contributed by atoms with van der Waals surface area (Å²) in [6, 6.07) is 0. The number of hydrogen-bond donors (Lipinski definition) is 0. The molecule has 0 amide bonds. The van der Waals surface area contributed by atoms with Crippen molar-refractivity contribution in [2.45, 2.75) is 6.92 Å². The second kappa shape index (κ2) is 2.19. The lowest BCUT2D eigenvalue weighted by Gasteiger charge is -1.76. The van der Waals surface area contributed by atoms with Crippen molar-refractivity contribution in [3.05, 3.63) is 16.5 Å². The fourth-order valence-corrected chi connectivity index (χ4v) is 0.563. The molecule has 0 unspecified atom stereocenters. The van der Waals surface area contributed by atoms with E-state index in [9.17, 15) is 4.79 Å². The maximum absolute atomic E-state index is 10.0. The molecule has 0 N–H and O–H groups in total. The molecule has 0 aliphatic heterocycles. The van der Waals surface area contributed by atoms with E-state index in [-0.39, 0.29) is 5.76 Å². The summed E-state index contributed by atoms with van der Waals surface area (Å²) < 4.78 is 4.49. The van der Waals surface area contributed by atoms with Gasteiger partial charge in [0, 0.05) is 0 Å². The summed E-state index contributed by atoms with van der Waals surface area (Å²) in [4.78, 5) is 10.0. The van der Waals surface area contributed by atoms with Gasteiger partial charge in [0.1, 0.15) is 5.02 Å². The maximum Gasteiger partial charge on any atom is 0.218 e. The van der Waals surface area contributed by atoms with Crippen molar-refractivity contribution >= 4 is 17.9 Å². The molecule has 3 nitrogen and oxygen atoms in total. The van der Waals surface area contributed by atoms with Crippen molar-refractivity contribution in [2.24, 2.45) is 0 Å². The van der Waals surface area contributed by atoms with Gasteiger partial charge in [-0.25, -0.2) is 0 Å². The van der Waals surface area contributed by atoms with Crippen LogP contribution < -0.4 is 0 Å². The summed E-state index contributed by atoms with van der Waals surface area (Å²) in [5, 5.41) is 3.75. The zero-order valence-electron chi connectivity index (χ0n) is 4.72. The molecule has 0 saturated carbocycles. The highest BCUT2D eigenvalue weighted by atomic mass is 35.5. The van der Waals surface area contributed by atoms with E-state index < -0.39 is 0 Å². The van der Waals surface area contributed by atoms with Crippen LogP contribution in [0.4, 0.5) is 0 Å². The minimum Gasteiger partial charge on any atom is -0.352 e. The zero-order valence-corrected chi connectivity index (χ0v) is 5.47. The van der Waals surface area contributed by atoms with Gasteiger partial charge in [0.05, 0.1) is 5.69 Å². The quantitative estimate of drug-likeness (QED) is 0.562. The number of nitrogens with zero attached hydrogens (tertiary/aromatic N) is 1. The lowest BCUT2D eigenvalue weighted by Crippen LogP contribution is -1.72. The smallest absolute Gasteiger partial charge is 0.218 e. The van der Waals surface area contributed by atoms with E-state index in [1.165, 1.54) is 0 Å². The van der Waals surface area contributed by atoms with E-state index >= 15 is 0 Å². The number of halogens is 1. The number of aldehydes is 1. The highest BCUT2D eigenvalue weighted by Gasteiger charge is 2.07. The van der Waals surface area contributed by atoms with Crippen LogP contribution in [-0.4, -0.2) is 11.4 Å². The van der Waals surface area contributed by atoms with E-state index in [0.29, 0.717) is 17.0 Å². The summed E-state index contributed by atoms with van der Waals surface area (Å²) in [5.74, 6) is 0.0918. The highest BCUT2D eigenvalue weighted by molar-refractivity contribution is 6.33. The van der Waals surface area contributed by atoms with Gasteiger partial charge in [0.25, 0.3) is 0 Å². The van der Waals surface area contributed by atoms with Gasteiger partial charge in [0.2, 0.25) is 5.76 Å². The van der Waals surface area contributed by atoms with Gasteiger partial charge in [-0.1, -0.05) is 16.8 Å². The van der Waals surface area contributed by atoms with E-state index in [1.807, 2.05) is 0 Å². The van der Waals surface area contributed by atoms with Gasteiger partial charge in [-0.05, 0) is 6.92 Å². The van der Waals surface area contributed by atoms with E-state index in [1.54, 1.807) is 6.92 Å². The first-order valence-electron chi connectivity index (χ1n) is 2.32. The van der Waals surface area contributed by atoms with Gasteiger partial charge >= 0.3 is 0 Å². The van der Waals surface area contributed by atoms with Gasteiger partial charge in [0.15, 0.2) is 6.29 Å². The maximum atomic E-state index is 10.0. The largest absolute Gasteiger partial charge is 0.352 e. The summed E-state index contributed by atoms with van der Waals surface area (Å²) in [6.07, 6.45) is 0.530. The standard InChI is InChI=1S/C5H4ClNO2/c1-3-5(6)4(2-8)9-7-3/h2H,1H3. The van der Waals surface area contributed by atoms with Crippen LogP contribution >= 0.6 is 11.6 Å². The minimum absolute atomic E-state index is 0.0918. The monoisotopic (exact) mass is 145 g/mol. The first kappa shape index (κ1) is 6.29. The van der Waals surface area contributed by atoms with Crippen molar-refractivity contribution in [1.82, 2.24) is 5.16 Å². The third-order valence-electron chi connectivity index (χ3n) is 0.922. The summed E-state index contributed by atoms with van der Waals surface area (Å²) in [5.41, 5.74) is 0.541. The van der Waals surface area contributed by atoms with Crippen molar-refractivity contribution < 1.29 is 9.32 Å². The Labute approximate surface area is 56.6 Å². The van der Waals surface area contributed by atoms with Gasteiger partial charge in [-0.3, -0.25) is 4.79 Å². The van der Waals surface area contributed by atoms with Crippen molar-refractivity contribution in [2.75, 3.05) is 0 Å². The van der Waals surface area contributed by atoms with Gasteiger partial charge < -0.3 is 4.52 Å². The molecule has 48 valence electrons. The molecule has 0 saturated heterocycles. The first-order valence-corrected chi connectivity index (χ1v) is 2.70. The molecular weight excluding hydrogens is 142 g/mol. The molecule has 1 rings (SSSR count). The number of hydrogen-bond acceptors (Lipinski definition) is 3. The summed E-state index contributed by atoms with van der Waals surface area (Å²) in [6.45, 7) is 1.67. The van der Waals surface area contributed by atoms with Gasteiger partial charge in [-0.2, -0.15) is 0 Å². The highest BCUT2D eigenvalue weighted by Crippen LogP contribution is 2.16. The molecule has 0 spiro atoms. The van der Waals surface area contributed by atoms with Crippen LogP contribution in [0.5, 0.6) is 0 Å². The number of aromatic nitrogens is 1. The molecule has 0 aromatic carbocycles. The number of rotatable bonds is 1. The summed E-state index contributed by atoms with van der Waals surface area (Å²) >= 11 is 5.52. The Morgan fingerprint density at radius 2 is 2.44 bits per heavy atom. The normalized spacial score (nSPS) is 9.56. The second-order valence-corrected chi connectivity index (χ2v) is 1.94. The minimum atomic E-state index is 0.0918. The van der Waals surface area contributed by atoms with Crippen LogP contribution in [0.2, 0.25) is 5.02 Å². The van der Waals surface area contributed by atoms with Gasteiger partial charge in [-0.15, -0.1) is 0 Å².